The summed E-state index contributed by atoms with van der Waals surface area (Å²) in [7, 11) is 0. The van der Waals surface area contributed by atoms with Crippen molar-refractivity contribution in [2.45, 2.75) is 39.2 Å². The molecule has 112 valence electrons. The molecule has 0 saturated carbocycles. The molecule has 21 heavy (non-hydrogen) atoms. The van der Waals surface area contributed by atoms with E-state index in [1.807, 2.05) is 34.0 Å². The molecule has 4 heteroatoms. The van der Waals surface area contributed by atoms with Gasteiger partial charge in [0.1, 0.15) is 0 Å². The van der Waals surface area contributed by atoms with Crippen LogP contribution >= 0.6 is 34.0 Å². The molecule has 0 spiro atoms. The monoisotopic (exact) mass is 335 g/mol. The molecule has 0 aliphatic heterocycles. The zero-order valence-corrected chi connectivity index (χ0v) is 15.0. The summed E-state index contributed by atoms with van der Waals surface area (Å²) in [6.07, 6.45) is 3.44. The van der Waals surface area contributed by atoms with Crippen molar-refractivity contribution in [3.05, 3.63) is 44.3 Å². The number of fused-ring (bicyclic) bond motifs is 1. The average Bonchev–Trinajstić information content (AvgIpc) is 3.18. The number of thiophene rings is 3. The lowest BCUT2D eigenvalue weighted by Gasteiger charge is -2.16. The third-order valence-electron chi connectivity index (χ3n) is 3.61. The van der Waals surface area contributed by atoms with Gasteiger partial charge in [0.15, 0.2) is 0 Å². The summed E-state index contributed by atoms with van der Waals surface area (Å²) in [5.74, 6) is 0. The van der Waals surface area contributed by atoms with E-state index in [-0.39, 0.29) is 0 Å². The van der Waals surface area contributed by atoms with Gasteiger partial charge in [-0.3, -0.25) is 0 Å². The van der Waals surface area contributed by atoms with Crippen LogP contribution in [-0.4, -0.2) is 6.54 Å². The number of nitrogens with one attached hydrogen (secondary N) is 1. The number of aryl methyl sites for hydroxylation is 1. The minimum atomic E-state index is 0.456. The molecule has 1 unspecified atom stereocenters. The Hall–Kier alpha value is -0.680. The zero-order valence-electron chi connectivity index (χ0n) is 12.5. The van der Waals surface area contributed by atoms with Crippen LogP contribution < -0.4 is 5.32 Å². The van der Waals surface area contributed by atoms with Crippen molar-refractivity contribution in [2.24, 2.45) is 0 Å². The van der Waals surface area contributed by atoms with Crippen LogP contribution in [0.5, 0.6) is 0 Å². The molecule has 0 bridgehead atoms. The minimum Gasteiger partial charge on any atom is -0.309 e. The van der Waals surface area contributed by atoms with Crippen LogP contribution in [0.1, 0.15) is 40.9 Å². The summed E-state index contributed by atoms with van der Waals surface area (Å²) in [6, 6.07) is 9.67. The molecular formula is C17H21NS3. The van der Waals surface area contributed by atoms with E-state index < -0.39 is 0 Å². The first-order chi connectivity index (χ1) is 10.3. The van der Waals surface area contributed by atoms with E-state index in [4.69, 9.17) is 0 Å². The maximum absolute atomic E-state index is 3.73. The van der Waals surface area contributed by atoms with Crippen molar-refractivity contribution >= 4 is 43.4 Å². The van der Waals surface area contributed by atoms with Crippen LogP contribution in [0.15, 0.2) is 29.6 Å². The fraction of sp³-hybridized carbons (Fsp3) is 0.412. The molecule has 0 aromatic carbocycles. The lowest BCUT2D eigenvalue weighted by Crippen LogP contribution is -2.22. The second-order valence-corrected chi connectivity index (χ2v) is 8.55. The zero-order chi connectivity index (χ0) is 14.7. The fourth-order valence-electron chi connectivity index (χ4n) is 2.47. The molecule has 0 aliphatic carbocycles. The molecule has 3 aromatic heterocycles. The van der Waals surface area contributed by atoms with Gasteiger partial charge in [-0.15, -0.1) is 34.0 Å². The maximum atomic E-state index is 3.73. The third-order valence-corrected chi connectivity index (χ3v) is 7.07. The molecule has 0 aliphatic rings. The predicted octanol–water partition coefficient (Wildman–Crippen LogP) is 5.87. The van der Waals surface area contributed by atoms with Gasteiger partial charge in [0, 0.05) is 36.5 Å². The second kappa shape index (κ2) is 7.05. The van der Waals surface area contributed by atoms with Crippen molar-refractivity contribution in [1.82, 2.24) is 5.32 Å². The SMILES string of the molecule is CCCNC(Cc1ccc(CC)s1)c1cc2sccc2s1. The van der Waals surface area contributed by atoms with E-state index in [0.29, 0.717) is 6.04 Å². The topological polar surface area (TPSA) is 12.0 Å². The largest absolute Gasteiger partial charge is 0.309 e. The summed E-state index contributed by atoms with van der Waals surface area (Å²) in [5.41, 5.74) is 0. The fourth-order valence-corrected chi connectivity index (χ4v) is 5.67. The van der Waals surface area contributed by atoms with Crippen molar-refractivity contribution in [3.63, 3.8) is 0 Å². The van der Waals surface area contributed by atoms with Gasteiger partial charge in [-0.25, -0.2) is 0 Å². The Morgan fingerprint density at radius 1 is 1.05 bits per heavy atom. The number of hydrogen-bond acceptors (Lipinski definition) is 4. The van der Waals surface area contributed by atoms with Crippen molar-refractivity contribution in [1.29, 1.82) is 0 Å². The molecule has 0 saturated heterocycles. The molecule has 3 heterocycles. The number of hydrogen-bond donors (Lipinski definition) is 1. The first-order valence-corrected chi connectivity index (χ1v) is 10.1. The molecule has 1 atom stereocenters. The van der Waals surface area contributed by atoms with Gasteiger partial charge in [0.2, 0.25) is 0 Å². The first-order valence-electron chi connectivity index (χ1n) is 7.58. The maximum Gasteiger partial charge on any atom is 0.0464 e. The highest BCUT2D eigenvalue weighted by molar-refractivity contribution is 7.27. The number of rotatable bonds is 7. The van der Waals surface area contributed by atoms with Crippen LogP contribution in [-0.2, 0) is 12.8 Å². The minimum absolute atomic E-state index is 0.456. The summed E-state index contributed by atoms with van der Waals surface area (Å²) in [4.78, 5) is 4.47. The Labute approximate surface area is 138 Å². The van der Waals surface area contributed by atoms with Crippen molar-refractivity contribution in [2.75, 3.05) is 6.54 Å². The summed E-state index contributed by atoms with van der Waals surface area (Å²) in [6.45, 7) is 5.55. The van der Waals surface area contributed by atoms with Gasteiger partial charge in [-0.1, -0.05) is 13.8 Å². The van der Waals surface area contributed by atoms with E-state index in [1.54, 1.807) is 0 Å². The van der Waals surface area contributed by atoms with Crippen LogP contribution in [0.3, 0.4) is 0 Å². The second-order valence-electron chi connectivity index (χ2n) is 5.23. The quantitative estimate of drug-likeness (QED) is 0.569. The molecule has 0 amide bonds. The van der Waals surface area contributed by atoms with E-state index in [2.05, 4.69) is 48.8 Å². The van der Waals surface area contributed by atoms with E-state index in [9.17, 15) is 0 Å². The van der Waals surface area contributed by atoms with E-state index in [0.717, 1.165) is 19.4 Å². The summed E-state index contributed by atoms with van der Waals surface area (Å²) >= 11 is 5.76. The Balaban J connectivity index is 1.80. The van der Waals surface area contributed by atoms with Crippen LogP contribution in [0.4, 0.5) is 0 Å². The van der Waals surface area contributed by atoms with Gasteiger partial charge in [0.25, 0.3) is 0 Å². The highest BCUT2D eigenvalue weighted by Gasteiger charge is 2.16. The predicted molar refractivity (Wildman–Crippen MR) is 98.1 cm³/mol. The van der Waals surface area contributed by atoms with Crippen LogP contribution in [0.2, 0.25) is 0 Å². The standard InChI is InChI=1S/C17H21NS3/c1-3-8-18-14(10-13-6-5-12(4-2)20-13)16-11-17-15(21-16)7-9-19-17/h5-7,9,11,14,18H,3-4,8,10H2,1-2H3. The molecule has 1 nitrogen and oxygen atoms in total. The van der Waals surface area contributed by atoms with Gasteiger partial charge in [-0.2, -0.15) is 0 Å². The highest BCUT2D eigenvalue weighted by atomic mass is 32.1. The molecule has 1 N–H and O–H groups in total. The first kappa shape index (κ1) is 15.2. The normalized spacial score (nSPS) is 13.0. The van der Waals surface area contributed by atoms with E-state index in [1.165, 1.54) is 30.5 Å². The van der Waals surface area contributed by atoms with Gasteiger partial charge >= 0.3 is 0 Å². The smallest absolute Gasteiger partial charge is 0.0464 e. The Kier molecular flexibility index (Phi) is 5.11. The van der Waals surface area contributed by atoms with E-state index >= 15 is 0 Å². The molecule has 3 aromatic rings. The summed E-state index contributed by atoms with van der Waals surface area (Å²) in [5, 5.41) is 5.92. The van der Waals surface area contributed by atoms with Gasteiger partial charge in [-0.05, 0) is 49.0 Å². The van der Waals surface area contributed by atoms with Crippen LogP contribution in [0.25, 0.3) is 9.40 Å². The Morgan fingerprint density at radius 3 is 2.62 bits per heavy atom. The van der Waals surface area contributed by atoms with Crippen molar-refractivity contribution < 1.29 is 0 Å². The molecule has 0 fully saturated rings. The highest BCUT2D eigenvalue weighted by Crippen LogP contribution is 2.35. The lowest BCUT2D eigenvalue weighted by molar-refractivity contribution is 0.540. The van der Waals surface area contributed by atoms with Crippen molar-refractivity contribution in [3.8, 4) is 0 Å². The van der Waals surface area contributed by atoms with Gasteiger partial charge in [0.05, 0.1) is 0 Å². The Morgan fingerprint density at radius 2 is 1.90 bits per heavy atom. The lowest BCUT2D eigenvalue weighted by atomic mass is 10.1. The Bertz CT molecular complexity index is 663. The molecule has 3 rings (SSSR count). The average molecular weight is 336 g/mol. The molecular weight excluding hydrogens is 314 g/mol. The third kappa shape index (κ3) is 3.57. The van der Waals surface area contributed by atoms with Gasteiger partial charge < -0.3 is 5.32 Å². The summed E-state index contributed by atoms with van der Waals surface area (Å²) < 4.78 is 2.86. The van der Waals surface area contributed by atoms with Crippen LogP contribution in [0, 0.1) is 0 Å². The molecule has 0 radical (unpaired) electrons.